The fourth-order valence-corrected chi connectivity index (χ4v) is 3.91. The number of aliphatic hydroxyl groups is 1. The summed E-state index contributed by atoms with van der Waals surface area (Å²) in [6.45, 7) is 2.88. The number of methoxy groups -OCH3 is 1. The number of benzene rings is 2. The maximum absolute atomic E-state index is 14.3. The van der Waals surface area contributed by atoms with Crippen LogP contribution in [0.5, 0.6) is 11.5 Å². The summed E-state index contributed by atoms with van der Waals surface area (Å²) >= 11 is 6.19. The molecule has 3 atom stereocenters. The minimum absolute atomic E-state index is 0.0202. The van der Waals surface area contributed by atoms with Crippen molar-refractivity contribution in [1.29, 1.82) is 0 Å². The standard InChI is InChI=1S/C21H21ClF3NO4/c1-4-26(28)9-10-30-19-8-5-14(11-18(19)26)20(27,21(23,24)25)13(2)16-7-6-15(29-3)12-17(16)22/h5-13,27H,4H2,1-3H3. The van der Waals surface area contributed by atoms with Crippen molar-refractivity contribution >= 4 is 17.3 Å². The van der Waals surface area contributed by atoms with Crippen molar-refractivity contribution in [2.75, 3.05) is 13.7 Å². The quantitative estimate of drug-likeness (QED) is 0.483. The fraction of sp³-hybridized carbons (Fsp3) is 0.333. The summed E-state index contributed by atoms with van der Waals surface area (Å²) in [4.78, 5) is 0. The normalized spacial score (nSPS) is 21.4. The van der Waals surface area contributed by atoms with Gasteiger partial charge in [0.2, 0.25) is 0 Å². The first kappa shape index (κ1) is 22.4. The van der Waals surface area contributed by atoms with Crippen molar-refractivity contribution in [3.63, 3.8) is 0 Å². The molecule has 30 heavy (non-hydrogen) atoms. The van der Waals surface area contributed by atoms with Gasteiger partial charge in [-0.25, -0.2) is 0 Å². The Morgan fingerprint density at radius 3 is 2.50 bits per heavy atom. The molecule has 1 heterocycles. The van der Waals surface area contributed by atoms with Crippen LogP contribution < -0.4 is 14.1 Å². The fourth-order valence-electron chi connectivity index (χ4n) is 3.58. The van der Waals surface area contributed by atoms with Crippen molar-refractivity contribution in [1.82, 2.24) is 4.65 Å². The van der Waals surface area contributed by atoms with Gasteiger partial charge in [0.05, 0.1) is 13.7 Å². The van der Waals surface area contributed by atoms with Gasteiger partial charge in [-0.1, -0.05) is 30.7 Å². The van der Waals surface area contributed by atoms with Gasteiger partial charge in [-0.15, -0.1) is 0 Å². The summed E-state index contributed by atoms with van der Waals surface area (Å²) in [6, 6.07) is 7.65. The van der Waals surface area contributed by atoms with Crippen LogP contribution >= 0.6 is 11.6 Å². The molecule has 0 aromatic heterocycles. The molecule has 0 amide bonds. The molecule has 0 fully saturated rings. The van der Waals surface area contributed by atoms with Gasteiger partial charge in [-0.05, 0) is 36.2 Å². The lowest BCUT2D eigenvalue weighted by Gasteiger charge is -2.41. The number of hydrogen-bond acceptors (Lipinski definition) is 4. The zero-order valence-electron chi connectivity index (χ0n) is 16.5. The van der Waals surface area contributed by atoms with Gasteiger partial charge in [0.15, 0.2) is 17.0 Å². The summed E-state index contributed by atoms with van der Waals surface area (Å²) in [6.07, 6.45) is -2.66. The van der Waals surface area contributed by atoms with Crippen LogP contribution in [0.1, 0.15) is 30.9 Å². The third-order valence-corrected chi connectivity index (χ3v) is 5.83. The first-order chi connectivity index (χ1) is 14.0. The topological polar surface area (TPSA) is 61.8 Å². The summed E-state index contributed by atoms with van der Waals surface area (Å²) in [5, 5.41) is 24.1. The van der Waals surface area contributed by atoms with Crippen LogP contribution in [0.4, 0.5) is 18.9 Å². The van der Waals surface area contributed by atoms with E-state index in [1.807, 2.05) is 0 Å². The Kier molecular flexibility index (Phi) is 5.81. The second-order valence-corrected chi connectivity index (χ2v) is 7.48. The summed E-state index contributed by atoms with van der Waals surface area (Å²) in [5.41, 5.74) is -3.71. The highest BCUT2D eigenvalue weighted by Gasteiger charge is 2.59. The zero-order valence-corrected chi connectivity index (χ0v) is 17.3. The third kappa shape index (κ3) is 3.54. The highest BCUT2D eigenvalue weighted by Crippen LogP contribution is 2.52. The van der Waals surface area contributed by atoms with Gasteiger partial charge >= 0.3 is 6.18 Å². The van der Waals surface area contributed by atoms with Crippen molar-refractivity contribution in [3.05, 3.63) is 70.2 Å². The molecule has 0 spiro atoms. The van der Waals surface area contributed by atoms with E-state index in [1.165, 1.54) is 50.8 Å². The summed E-state index contributed by atoms with van der Waals surface area (Å²) in [5.74, 6) is -0.970. The molecule has 0 radical (unpaired) electrons. The minimum atomic E-state index is -5.06. The first-order valence-electron chi connectivity index (χ1n) is 9.18. The van der Waals surface area contributed by atoms with E-state index in [4.69, 9.17) is 21.1 Å². The third-order valence-electron chi connectivity index (χ3n) is 5.51. The van der Waals surface area contributed by atoms with Gasteiger partial charge in [-0.2, -0.15) is 13.2 Å². The van der Waals surface area contributed by atoms with E-state index in [2.05, 4.69) is 0 Å². The van der Waals surface area contributed by atoms with Gasteiger partial charge in [0, 0.05) is 17.0 Å². The largest absolute Gasteiger partial charge is 0.622 e. The number of hydroxylamine groups is 2. The predicted molar refractivity (Wildman–Crippen MR) is 108 cm³/mol. The van der Waals surface area contributed by atoms with Gasteiger partial charge in [0.25, 0.3) is 0 Å². The number of alkyl halides is 3. The Balaban J connectivity index is 2.17. The Morgan fingerprint density at radius 1 is 1.23 bits per heavy atom. The van der Waals surface area contributed by atoms with Crippen LogP contribution in [0, 0.1) is 5.21 Å². The second kappa shape index (κ2) is 7.77. The van der Waals surface area contributed by atoms with Crippen LogP contribution in [-0.2, 0) is 5.60 Å². The molecule has 0 bridgehead atoms. The predicted octanol–water partition coefficient (Wildman–Crippen LogP) is 5.59. The maximum atomic E-state index is 14.3. The van der Waals surface area contributed by atoms with E-state index in [-0.39, 0.29) is 28.6 Å². The molecule has 5 nitrogen and oxygen atoms in total. The molecule has 2 aromatic carbocycles. The number of rotatable bonds is 5. The monoisotopic (exact) mass is 443 g/mol. The molecule has 162 valence electrons. The van der Waals surface area contributed by atoms with Crippen LogP contribution in [-0.4, -0.2) is 24.9 Å². The van der Waals surface area contributed by atoms with E-state index in [1.54, 1.807) is 6.92 Å². The number of fused-ring (bicyclic) bond motifs is 1. The highest BCUT2D eigenvalue weighted by atomic mass is 35.5. The Bertz CT molecular complexity index is 981. The van der Waals surface area contributed by atoms with Crippen LogP contribution in [0.25, 0.3) is 0 Å². The number of hydrogen-bond donors (Lipinski definition) is 1. The van der Waals surface area contributed by atoms with Crippen LogP contribution in [0.3, 0.4) is 0 Å². The van der Waals surface area contributed by atoms with E-state index < -0.39 is 27.9 Å². The molecule has 0 saturated heterocycles. The number of quaternary nitrogens is 1. The zero-order chi connectivity index (χ0) is 22.3. The second-order valence-electron chi connectivity index (χ2n) is 7.07. The lowest BCUT2D eigenvalue weighted by molar-refractivity contribution is -0.274. The number of ether oxygens (including phenoxy) is 2. The van der Waals surface area contributed by atoms with Gasteiger partial charge < -0.3 is 19.8 Å². The molecular formula is C21H21ClF3NO4. The molecule has 1 aliphatic rings. The van der Waals surface area contributed by atoms with Crippen LogP contribution in [0.2, 0.25) is 5.02 Å². The van der Waals surface area contributed by atoms with Gasteiger partial charge in [-0.3, -0.25) is 4.65 Å². The number of halogens is 4. The van der Waals surface area contributed by atoms with Crippen LogP contribution in [0.15, 0.2) is 48.9 Å². The molecular weight excluding hydrogens is 423 g/mol. The van der Waals surface area contributed by atoms with Crippen molar-refractivity contribution in [2.45, 2.75) is 31.5 Å². The summed E-state index contributed by atoms with van der Waals surface area (Å²) < 4.78 is 52.1. The molecule has 0 aliphatic carbocycles. The van der Waals surface area contributed by atoms with Crippen molar-refractivity contribution in [3.8, 4) is 11.5 Å². The first-order valence-corrected chi connectivity index (χ1v) is 9.56. The average molecular weight is 444 g/mol. The molecule has 0 saturated carbocycles. The van der Waals surface area contributed by atoms with E-state index in [0.29, 0.717) is 5.75 Å². The smallest absolute Gasteiger partial charge is 0.422 e. The molecule has 3 unspecified atom stereocenters. The van der Waals surface area contributed by atoms with Gasteiger partial charge in [0.1, 0.15) is 18.2 Å². The maximum Gasteiger partial charge on any atom is 0.422 e. The van der Waals surface area contributed by atoms with E-state index in [9.17, 15) is 23.5 Å². The Morgan fingerprint density at radius 2 is 1.93 bits per heavy atom. The Labute approximate surface area is 177 Å². The Hall–Kier alpha value is -2.26. The highest BCUT2D eigenvalue weighted by molar-refractivity contribution is 6.31. The molecule has 9 heteroatoms. The molecule has 1 aliphatic heterocycles. The molecule has 2 aromatic rings. The van der Waals surface area contributed by atoms with E-state index >= 15 is 0 Å². The van der Waals surface area contributed by atoms with E-state index in [0.717, 1.165) is 12.1 Å². The summed E-state index contributed by atoms with van der Waals surface area (Å²) in [7, 11) is 1.41. The lowest BCUT2D eigenvalue weighted by Crippen LogP contribution is -2.47. The van der Waals surface area contributed by atoms with Crippen molar-refractivity contribution < 1.29 is 27.8 Å². The van der Waals surface area contributed by atoms with Crippen molar-refractivity contribution in [2.24, 2.45) is 0 Å². The lowest BCUT2D eigenvalue weighted by atomic mass is 9.77. The average Bonchev–Trinajstić information content (AvgIpc) is 2.71. The molecule has 1 N–H and O–H groups in total. The molecule has 3 rings (SSSR count). The SMILES string of the molecule is CC[N+]1([O-])C=COc2ccc(C(O)(C(C)c3ccc(OC)cc3Cl)C(F)(F)F)cc21. The number of nitrogens with zero attached hydrogens (tertiary/aromatic N) is 1. The minimum Gasteiger partial charge on any atom is -0.622 e.